The first kappa shape index (κ1) is 21.8. The quantitative estimate of drug-likeness (QED) is 0.299. The summed E-state index contributed by atoms with van der Waals surface area (Å²) in [6.45, 7) is 0. The van der Waals surface area contributed by atoms with Crippen LogP contribution in [0.3, 0.4) is 0 Å². The van der Waals surface area contributed by atoms with Gasteiger partial charge in [0, 0.05) is 0 Å². The Morgan fingerprint density at radius 2 is 0.929 bits per heavy atom. The van der Waals surface area contributed by atoms with Gasteiger partial charge in [0.25, 0.3) is 0 Å². The van der Waals surface area contributed by atoms with E-state index < -0.39 is 0 Å². The number of rotatable bonds is 6. The van der Waals surface area contributed by atoms with Gasteiger partial charge < -0.3 is 4.98 Å². The van der Waals surface area contributed by atoms with Crippen LogP contribution in [0.5, 0.6) is 0 Å². The first-order valence-corrected chi connectivity index (χ1v) is 11.1. The van der Waals surface area contributed by atoms with Crippen LogP contribution in [0, 0.1) is 0 Å². The van der Waals surface area contributed by atoms with Crippen LogP contribution in [-0.4, -0.2) is 29.8 Å². The summed E-state index contributed by atoms with van der Waals surface area (Å²) in [5, 5.41) is 16.1. The van der Waals surface area contributed by atoms with Crippen molar-refractivity contribution in [2.24, 2.45) is 20.4 Å². The summed E-state index contributed by atoms with van der Waals surface area (Å²) in [5.41, 5.74) is 3.71. The minimum atomic E-state index is 0.194. The summed E-state index contributed by atoms with van der Waals surface area (Å²) in [5.74, 6) is 0. The number of benzene rings is 2. The average Bonchev–Trinajstić information content (AvgIpc) is 3.19. The Bertz CT molecular complexity index is 848. The van der Waals surface area contributed by atoms with Crippen molar-refractivity contribution in [3.8, 4) is 0 Å². The van der Waals surface area contributed by atoms with Crippen molar-refractivity contribution in [2.75, 3.05) is 0 Å². The second-order valence-corrected chi connectivity index (χ2v) is 7.04. The predicted octanol–water partition coefficient (Wildman–Crippen LogP) is 5.30. The summed E-state index contributed by atoms with van der Waals surface area (Å²) < 4.78 is 0. The van der Waals surface area contributed by atoms with E-state index in [1.165, 1.54) is 0 Å². The van der Waals surface area contributed by atoms with Gasteiger partial charge in [0.15, 0.2) is 0 Å². The molecule has 0 bridgehead atoms. The molecular weight excluding hydrogens is 437 g/mol. The SMILES string of the molecule is C(=N/N=C/c1ccc(/C=N/N=C\c2ccccc2)[nH]1)/c1ccccc1.[Cl][Fe][Cl]. The Morgan fingerprint density at radius 1 is 0.571 bits per heavy atom. The summed E-state index contributed by atoms with van der Waals surface area (Å²) in [4.78, 5) is 3.16. The molecule has 0 amide bonds. The first-order valence-electron chi connectivity index (χ1n) is 8.09. The van der Waals surface area contributed by atoms with Crippen LogP contribution in [0.25, 0.3) is 0 Å². The van der Waals surface area contributed by atoms with E-state index in [9.17, 15) is 0 Å². The molecule has 144 valence electrons. The van der Waals surface area contributed by atoms with Crippen molar-refractivity contribution in [3.63, 3.8) is 0 Å². The summed E-state index contributed by atoms with van der Waals surface area (Å²) >= 11 is 0.194. The van der Waals surface area contributed by atoms with E-state index in [0.717, 1.165) is 22.5 Å². The van der Waals surface area contributed by atoms with Gasteiger partial charge in [-0.05, 0) is 23.3 Å². The molecule has 3 aromatic rings. The van der Waals surface area contributed by atoms with E-state index in [-0.39, 0.29) is 13.1 Å². The third-order valence-electron chi connectivity index (χ3n) is 3.27. The number of aromatic nitrogens is 1. The monoisotopic (exact) mass is 453 g/mol. The van der Waals surface area contributed by atoms with Gasteiger partial charge in [0.05, 0.1) is 36.2 Å². The molecular formula is C20H17Cl2FeN5. The zero-order valence-corrected chi connectivity index (χ0v) is 17.3. The van der Waals surface area contributed by atoms with E-state index in [1.807, 2.05) is 72.8 Å². The molecule has 0 saturated heterocycles. The molecule has 1 heterocycles. The maximum absolute atomic E-state index is 4.76. The van der Waals surface area contributed by atoms with Gasteiger partial charge in [-0.15, -0.1) is 0 Å². The number of hydrogen-bond acceptors (Lipinski definition) is 4. The molecule has 0 aliphatic rings. The number of nitrogens with zero attached hydrogens (tertiary/aromatic N) is 4. The fourth-order valence-electron chi connectivity index (χ4n) is 2.05. The Hall–Kier alpha value is -2.50. The van der Waals surface area contributed by atoms with Crippen molar-refractivity contribution in [2.45, 2.75) is 0 Å². The Labute approximate surface area is 178 Å². The van der Waals surface area contributed by atoms with Crippen LogP contribution in [-0.2, 0) is 13.1 Å². The molecule has 28 heavy (non-hydrogen) atoms. The molecule has 3 rings (SSSR count). The summed E-state index contributed by atoms with van der Waals surface area (Å²) in [7, 11) is 9.53. The average molecular weight is 454 g/mol. The summed E-state index contributed by atoms with van der Waals surface area (Å²) in [6, 6.07) is 23.5. The second kappa shape index (κ2) is 13.6. The van der Waals surface area contributed by atoms with Crippen LogP contribution >= 0.6 is 20.2 Å². The zero-order valence-electron chi connectivity index (χ0n) is 14.6. The third-order valence-corrected chi connectivity index (χ3v) is 3.27. The molecule has 8 heteroatoms. The molecule has 0 atom stereocenters. The Morgan fingerprint density at radius 3 is 1.32 bits per heavy atom. The fraction of sp³-hybridized carbons (Fsp3) is 0. The molecule has 0 radical (unpaired) electrons. The molecule has 0 spiro atoms. The molecule has 1 aromatic heterocycles. The van der Waals surface area contributed by atoms with E-state index >= 15 is 0 Å². The Kier molecular flexibility index (Phi) is 10.6. The standard InChI is InChI=1S/C20H17N5.2ClH.Fe/c1-3-7-17(8-4-1)13-21-23-15-19-11-12-20(25-19)16-24-22-14-18-9-5-2-6-10-18;;;/h1-16,25H;2*1H;/q;;;+2/p-2/b21-13-,22-14-,23-15+,24-16+;;;. The second-order valence-electron chi connectivity index (χ2n) is 5.22. The van der Waals surface area contributed by atoms with Crippen LogP contribution in [0.15, 0.2) is 93.2 Å². The molecule has 2 aromatic carbocycles. The Balaban J connectivity index is 0.000000878. The molecule has 0 saturated carbocycles. The first-order chi connectivity index (χ1) is 13.8. The molecule has 0 aliphatic heterocycles. The number of aromatic amines is 1. The topological polar surface area (TPSA) is 65.2 Å². The number of nitrogens with one attached hydrogen (secondary N) is 1. The van der Waals surface area contributed by atoms with Crippen molar-refractivity contribution in [1.29, 1.82) is 0 Å². The van der Waals surface area contributed by atoms with Crippen LogP contribution in [0.2, 0.25) is 0 Å². The van der Waals surface area contributed by atoms with E-state index in [4.69, 9.17) is 20.2 Å². The van der Waals surface area contributed by atoms with Crippen LogP contribution < -0.4 is 0 Å². The molecule has 0 fully saturated rings. The number of halogens is 2. The normalized spacial score (nSPS) is 11.6. The van der Waals surface area contributed by atoms with E-state index in [2.05, 4.69) is 25.4 Å². The minimum absolute atomic E-state index is 0.194. The van der Waals surface area contributed by atoms with Gasteiger partial charge in [-0.25, -0.2) is 0 Å². The number of H-pyrrole nitrogens is 1. The van der Waals surface area contributed by atoms with Gasteiger partial charge in [-0.3, -0.25) is 0 Å². The number of hydrogen-bond donors (Lipinski definition) is 1. The van der Waals surface area contributed by atoms with Crippen molar-refractivity contribution in [1.82, 2.24) is 4.98 Å². The fourth-order valence-corrected chi connectivity index (χ4v) is 2.05. The third kappa shape index (κ3) is 8.93. The zero-order chi connectivity index (χ0) is 19.9. The van der Waals surface area contributed by atoms with Gasteiger partial charge in [-0.1, -0.05) is 60.7 Å². The molecule has 0 unspecified atom stereocenters. The van der Waals surface area contributed by atoms with E-state index in [1.54, 1.807) is 24.9 Å². The molecule has 1 N–H and O–H groups in total. The van der Waals surface area contributed by atoms with Crippen LogP contribution in [0.4, 0.5) is 0 Å². The van der Waals surface area contributed by atoms with Crippen molar-refractivity contribution < 1.29 is 13.1 Å². The maximum atomic E-state index is 4.76. The van der Waals surface area contributed by atoms with Gasteiger partial charge in [0.2, 0.25) is 0 Å². The van der Waals surface area contributed by atoms with Crippen molar-refractivity contribution in [3.05, 3.63) is 95.3 Å². The predicted molar refractivity (Wildman–Crippen MR) is 116 cm³/mol. The van der Waals surface area contributed by atoms with E-state index in [0.29, 0.717) is 0 Å². The van der Waals surface area contributed by atoms with Crippen LogP contribution in [0.1, 0.15) is 22.5 Å². The van der Waals surface area contributed by atoms with Gasteiger partial charge in [-0.2, -0.15) is 20.4 Å². The van der Waals surface area contributed by atoms with Gasteiger partial charge >= 0.3 is 33.3 Å². The van der Waals surface area contributed by atoms with Gasteiger partial charge in [0.1, 0.15) is 0 Å². The summed E-state index contributed by atoms with van der Waals surface area (Å²) in [6.07, 6.45) is 6.73. The van der Waals surface area contributed by atoms with Crippen molar-refractivity contribution >= 4 is 45.1 Å². The molecule has 5 nitrogen and oxygen atoms in total. The molecule has 0 aliphatic carbocycles.